The van der Waals surface area contributed by atoms with Gasteiger partial charge in [0.15, 0.2) is 17.4 Å². The number of benzene rings is 2. The Hall–Kier alpha value is -3.20. The van der Waals surface area contributed by atoms with Crippen LogP contribution in [0.2, 0.25) is 5.02 Å². The Kier molecular flexibility index (Phi) is 7.53. The number of aryl methyl sites for hydroxylation is 1. The van der Waals surface area contributed by atoms with Gasteiger partial charge in [-0.15, -0.1) is 0 Å². The van der Waals surface area contributed by atoms with Gasteiger partial charge >= 0.3 is 12.0 Å². The second-order valence-electron chi connectivity index (χ2n) is 7.93. The lowest BCUT2D eigenvalue weighted by atomic mass is 9.91. The fraction of sp³-hybridized carbons (Fsp3) is 0.348. The number of anilines is 2. The fourth-order valence-corrected chi connectivity index (χ4v) is 4.09. The van der Waals surface area contributed by atoms with Gasteiger partial charge in [0.25, 0.3) is 5.91 Å². The molecule has 33 heavy (non-hydrogen) atoms. The first-order valence-corrected chi connectivity index (χ1v) is 10.8. The van der Waals surface area contributed by atoms with Crippen molar-refractivity contribution >= 4 is 40.9 Å². The van der Waals surface area contributed by atoms with Crippen LogP contribution in [0.15, 0.2) is 30.3 Å². The number of hydrogen-bond acceptors (Lipinski definition) is 4. The molecular formula is C23H24ClF2N3O4. The first kappa shape index (κ1) is 24.4. The summed E-state index contributed by atoms with van der Waals surface area (Å²) < 4.78 is 33.4. The van der Waals surface area contributed by atoms with Crippen LogP contribution in [0.1, 0.15) is 54.9 Å². The van der Waals surface area contributed by atoms with E-state index in [1.165, 1.54) is 6.92 Å². The van der Waals surface area contributed by atoms with Crippen molar-refractivity contribution in [3.8, 4) is 0 Å². The van der Waals surface area contributed by atoms with Crippen molar-refractivity contribution in [1.82, 2.24) is 5.32 Å². The monoisotopic (exact) mass is 479 g/mol. The van der Waals surface area contributed by atoms with E-state index < -0.39 is 35.3 Å². The molecule has 0 bridgehead atoms. The highest BCUT2D eigenvalue weighted by Gasteiger charge is 2.37. The van der Waals surface area contributed by atoms with Gasteiger partial charge in [0.05, 0.1) is 22.0 Å². The third kappa shape index (κ3) is 5.98. The van der Waals surface area contributed by atoms with Gasteiger partial charge in [0, 0.05) is 25.8 Å². The van der Waals surface area contributed by atoms with Crippen LogP contribution in [-0.4, -0.2) is 23.6 Å². The average Bonchev–Trinajstić information content (AvgIpc) is 2.73. The molecule has 10 heteroatoms. The van der Waals surface area contributed by atoms with Crippen LogP contribution in [0, 0.1) is 18.6 Å². The number of carbonyl (C=O) groups is 3. The second-order valence-corrected chi connectivity index (χ2v) is 8.33. The molecule has 0 aromatic heterocycles. The molecule has 0 spiro atoms. The summed E-state index contributed by atoms with van der Waals surface area (Å²) >= 11 is 6.11. The molecule has 0 aliphatic heterocycles. The van der Waals surface area contributed by atoms with Gasteiger partial charge in [-0.05, 0) is 37.5 Å². The lowest BCUT2D eigenvalue weighted by Crippen LogP contribution is -2.52. The summed E-state index contributed by atoms with van der Waals surface area (Å²) in [6.45, 7) is 2.96. The van der Waals surface area contributed by atoms with Crippen LogP contribution in [0.25, 0.3) is 0 Å². The third-order valence-electron chi connectivity index (χ3n) is 5.36. The van der Waals surface area contributed by atoms with E-state index >= 15 is 0 Å². The maximum atomic E-state index is 14.0. The number of halogens is 3. The van der Waals surface area contributed by atoms with Gasteiger partial charge in [-0.2, -0.15) is 0 Å². The summed E-state index contributed by atoms with van der Waals surface area (Å²) in [4.78, 5) is 37.2. The van der Waals surface area contributed by atoms with E-state index in [0.29, 0.717) is 36.2 Å². The Morgan fingerprint density at radius 2 is 1.70 bits per heavy atom. The Balaban J connectivity index is 1.86. The van der Waals surface area contributed by atoms with E-state index in [4.69, 9.17) is 16.3 Å². The lowest BCUT2D eigenvalue weighted by Gasteiger charge is -2.37. The quantitative estimate of drug-likeness (QED) is 0.388. The van der Waals surface area contributed by atoms with Crippen molar-refractivity contribution in [3.05, 3.63) is 58.1 Å². The SMILES string of the molecule is CC(=O)OC1(NC(=O)c2cc(F)c(F)cc2NC(=O)Nc2c(C)cccc2Cl)CCCCC1. The van der Waals surface area contributed by atoms with E-state index in [2.05, 4.69) is 16.0 Å². The molecule has 3 amide bonds. The third-order valence-corrected chi connectivity index (χ3v) is 5.67. The molecule has 0 radical (unpaired) electrons. The summed E-state index contributed by atoms with van der Waals surface area (Å²) in [5.41, 5.74) is -0.817. The Morgan fingerprint density at radius 3 is 2.33 bits per heavy atom. The molecule has 3 N–H and O–H groups in total. The summed E-state index contributed by atoms with van der Waals surface area (Å²) in [5.74, 6) is -3.90. The number of rotatable bonds is 5. The molecule has 2 aromatic carbocycles. The first-order valence-electron chi connectivity index (χ1n) is 10.4. The van der Waals surface area contributed by atoms with Crippen molar-refractivity contribution in [3.63, 3.8) is 0 Å². The van der Waals surface area contributed by atoms with Gasteiger partial charge in [-0.3, -0.25) is 9.59 Å². The van der Waals surface area contributed by atoms with E-state index in [1.54, 1.807) is 25.1 Å². The van der Waals surface area contributed by atoms with Crippen molar-refractivity contribution in [1.29, 1.82) is 0 Å². The zero-order valence-corrected chi connectivity index (χ0v) is 18.9. The van der Waals surface area contributed by atoms with Crippen LogP contribution in [0.3, 0.4) is 0 Å². The van der Waals surface area contributed by atoms with Crippen molar-refractivity contribution in [2.24, 2.45) is 0 Å². The topological polar surface area (TPSA) is 96.5 Å². The summed E-state index contributed by atoms with van der Waals surface area (Å²) in [7, 11) is 0. The Bertz CT molecular complexity index is 1070. The summed E-state index contributed by atoms with van der Waals surface area (Å²) in [6, 6.07) is 5.62. The number of ether oxygens (including phenoxy) is 1. The number of hydrogen-bond donors (Lipinski definition) is 3. The maximum absolute atomic E-state index is 14.0. The highest BCUT2D eigenvalue weighted by atomic mass is 35.5. The fourth-order valence-electron chi connectivity index (χ4n) is 3.82. The van der Waals surface area contributed by atoms with Gasteiger partial charge in [0.2, 0.25) is 0 Å². The number of para-hydroxylation sites is 1. The van der Waals surface area contributed by atoms with Crippen LogP contribution in [0.5, 0.6) is 0 Å². The number of esters is 1. The molecule has 1 aliphatic carbocycles. The molecular weight excluding hydrogens is 456 g/mol. The minimum absolute atomic E-state index is 0.262. The predicted molar refractivity (Wildman–Crippen MR) is 120 cm³/mol. The average molecular weight is 480 g/mol. The molecule has 3 rings (SSSR count). The summed E-state index contributed by atoms with van der Waals surface area (Å²) in [6.07, 6.45) is 3.12. The van der Waals surface area contributed by atoms with Crippen LogP contribution >= 0.6 is 11.6 Å². The largest absolute Gasteiger partial charge is 0.439 e. The van der Waals surface area contributed by atoms with E-state index in [0.717, 1.165) is 19.3 Å². The first-order chi connectivity index (χ1) is 15.6. The lowest BCUT2D eigenvalue weighted by molar-refractivity contribution is -0.163. The minimum Gasteiger partial charge on any atom is -0.439 e. The van der Waals surface area contributed by atoms with Gasteiger partial charge in [0.1, 0.15) is 0 Å². The molecule has 2 aromatic rings. The number of nitrogens with one attached hydrogen (secondary N) is 3. The van der Waals surface area contributed by atoms with Crippen LogP contribution in [0.4, 0.5) is 25.0 Å². The molecule has 7 nitrogen and oxygen atoms in total. The molecule has 1 saturated carbocycles. The molecule has 0 heterocycles. The summed E-state index contributed by atoms with van der Waals surface area (Å²) in [5, 5.41) is 7.84. The van der Waals surface area contributed by atoms with Gasteiger partial charge < -0.3 is 20.7 Å². The van der Waals surface area contributed by atoms with Crippen molar-refractivity contribution in [2.45, 2.75) is 51.7 Å². The highest BCUT2D eigenvalue weighted by Crippen LogP contribution is 2.31. The smallest absolute Gasteiger partial charge is 0.323 e. The second kappa shape index (κ2) is 10.2. The number of urea groups is 1. The van der Waals surface area contributed by atoms with Crippen LogP contribution in [-0.2, 0) is 9.53 Å². The van der Waals surface area contributed by atoms with E-state index in [1.807, 2.05) is 0 Å². The zero-order valence-electron chi connectivity index (χ0n) is 18.2. The van der Waals surface area contributed by atoms with Gasteiger partial charge in [-0.25, -0.2) is 13.6 Å². The molecule has 0 unspecified atom stereocenters. The molecule has 1 aliphatic rings. The molecule has 0 atom stereocenters. The van der Waals surface area contributed by atoms with Gasteiger partial charge in [-0.1, -0.05) is 30.2 Å². The highest BCUT2D eigenvalue weighted by molar-refractivity contribution is 6.34. The molecule has 176 valence electrons. The van der Waals surface area contributed by atoms with Crippen molar-refractivity contribution < 1.29 is 27.9 Å². The zero-order chi connectivity index (χ0) is 24.2. The van der Waals surface area contributed by atoms with Crippen molar-refractivity contribution in [2.75, 3.05) is 10.6 Å². The molecule has 0 saturated heterocycles. The molecule has 1 fully saturated rings. The van der Waals surface area contributed by atoms with Crippen LogP contribution < -0.4 is 16.0 Å². The minimum atomic E-state index is -1.27. The Morgan fingerprint density at radius 1 is 1.03 bits per heavy atom. The standard InChI is InChI=1S/C23H24ClF2N3O4/c1-13-7-6-8-16(24)20(13)28-22(32)27-19-12-18(26)17(25)11-15(19)21(31)29-23(33-14(2)30)9-4-3-5-10-23/h6-8,11-12H,3-5,9-10H2,1-2H3,(H,29,31)(H2,27,28,32). The number of amides is 3. The Labute approximate surface area is 194 Å². The van der Waals surface area contributed by atoms with E-state index in [9.17, 15) is 23.2 Å². The number of carbonyl (C=O) groups excluding carboxylic acids is 3. The predicted octanol–water partition coefficient (Wildman–Crippen LogP) is 5.52. The maximum Gasteiger partial charge on any atom is 0.323 e. The van der Waals surface area contributed by atoms with E-state index in [-0.39, 0.29) is 16.3 Å². The normalized spacial score (nSPS) is 14.8.